The lowest BCUT2D eigenvalue weighted by atomic mass is 9.97. The maximum Gasteiger partial charge on any atom is 0.291 e. The molecule has 0 bridgehead atoms. The summed E-state index contributed by atoms with van der Waals surface area (Å²) in [5, 5.41) is 7.89. The second-order valence-corrected chi connectivity index (χ2v) is 5.73. The summed E-state index contributed by atoms with van der Waals surface area (Å²) in [7, 11) is 0. The number of alkyl halides is 2. The van der Waals surface area contributed by atoms with Crippen molar-refractivity contribution >= 4 is 0 Å². The van der Waals surface area contributed by atoms with Gasteiger partial charge in [-0.25, -0.2) is 4.68 Å². The zero-order valence-electron chi connectivity index (χ0n) is 10.6. The molecule has 17 heavy (non-hydrogen) atoms. The highest BCUT2D eigenvalue weighted by Crippen LogP contribution is 2.38. The van der Waals surface area contributed by atoms with Crippen molar-refractivity contribution in [1.29, 1.82) is 0 Å². The van der Waals surface area contributed by atoms with E-state index in [2.05, 4.69) is 10.3 Å². The van der Waals surface area contributed by atoms with Crippen LogP contribution >= 0.6 is 0 Å². The summed E-state index contributed by atoms with van der Waals surface area (Å²) < 4.78 is 29.7. The van der Waals surface area contributed by atoms with Crippen molar-refractivity contribution in [2.45, 2.75) is 64.3 Å². The molecule has 0 amide bonds. The Bertz CT molecular complexity index is 404. The number of hydrogen-bond donors (Lipinski definition) is 0. The van der Waals surface area contributed by atoms with Gasteiger partial charge in [0.05, 0.1) is 11.2 Å². The molecule has 0 radical (unpaired) electrons. The maximum absolute atomic E-state index is 14.2. The molecule has 0 unspecified atom stereocenters. The van der Waals surface area contributed by atoms with Gasteiger partial charge in [0, 0.05) is 6.42 Å². The molecule has 0 aromatic carbocycles. The third-order valence-electron chi connectivity index (χ3n) is 3.13. The number of aromatic nitrogens is 3. The van der Waals surface area contributed by atoms with Gasteiger partial charge in [-0.05, 0) is 40.0 Å². The number of hydrogen-bond acceptors (Lipinski definition) is 2. The molecule has 0 saturated heterocycles. The summed E-state index contributed by atoms with van der Waals surface area (Å²) in [4.78, 5) is 0. The van der Waals surface area contributed by atoms with Crippen molar-refractivity contribution in [1.82, 2.24) is 15.0 Å². The molecule has 3 nitrogen and oxygen atoms in total. The standard InChI is InChI=1S/C12H19F2N3/c1-11(2,3)17-10-9(15-16-17)7-5-4-6-8-12(10,13)14/h4-8H2,1-3H3. The van der Waals surface area contributed by atoms with Crippen molar-refractivity contribution in [3.05, 3.63) is 11.4 Å². The van der Waals surface area contributed by atoms with Gasteiger partial charge < -0.3 is 0 Å². The van der Waals surface area contributed by atoms with Crippen molar-refractivity contribution in [2.75, 3.05) is 0 Å². The van der Waals surface area contributed by atoms with Crippen LogP contribution in [0.2, 0.25) is 0 Å². The summed E-state index contributed by atoms with van der Waals surface area (Å²) in [6, 6.07) is 0. The summed E-state index contributed by atoms with van der Waals surface area (Å²) in [5.74, 6) is -2.80. The first kappa shape index (κ1) is 12.5. The minimum absolute atomic E-state index is 0.0321. The molecule has 0 saturated carbocycles. The second kappa shape index (κ2) is 4.03. The highest BCUT2D eigenvalue weighted by molar-refractivity contribution is 5.18. The Kier molecular flexibility index (Phi) is 2.96. The largest absolute Gasteiger partial charge is 0.291 e. The lowest BCUT2D eigenvalue weighted by Crippen LogP contribution is -2.31. The van der Waals surface area contributed by atoms with Crippen LogP contribution in [0.1, 0.15) is 57.8 Å². The fourth-order valence-corrected chi connectivity index (χ4v) is 2.25. The Morgan fingerprint density at radius 2 is 1.88 bits per heavy atom. The van der Waals surface area contributed by atoms with Crippen LogP contribution in [-0.2, 0) is 17.9 Å². The SMILES string of the molecule is CC(C)(C)n1nnc2c1C(F)(F)CCCCC2. The topological polar surface area (TPSA) is 30.7 Å². The normalized spacial score (nSPS) is 20.5. The molecule has 1 aliphatic carbocycles. The van der Waals surface area contributed by atoms with E-state index in [0.29, 0.717) is 18.5 Å². The predicted molar refractivity (Wildman–Crippen MR) is 61.1 cm³/mol. The average Bonchev–Trinajstić information content (AvgIpc) is 2.58. The maximum atomic E-state index is 14.2. The summed E-state index contributed by atoms with van der Waals surface area (Å²) in [6.45, 7) is 5.62. The Balaban J connectivity index is 2.53. The van der Waals surface area contributed by atoms with Gasteiger partial charge >= 0.3 is 0 Å². The van der Waals surface area contributed by atoms with Crippen LogP contribution in [0, 0.1) is 0 Å². The van der Waals surface area contributed by atoms with E-state index in [1.54, 1.807) is 0 Å². The van der Waals surface area contributed by atoms with Crippen LogP contribution in [0.5, 0.6) is 0 Å². The summed E-state index contributed by atoms with van der Waals surface area (Å²) >= 11 is 0. The fraction of sp³-hybridized carbons (Fsp3) is 0.833. The molecule has 0 aliphatic heterocycles. The van der Waals surface area contributed by atoms with E-state index in [9.17, 15) is 8.78 Å². The van der Waals surface area contributed by atoms with Gasteiger partial charge in [0.15, 0.2) is 0 Å². The average molecular weight is 243 g/mol. The van der Waals surface area contributed by atoms with Crippen LogP contribution in [0.15, 0.2) is 0 Å². The van der Waals surface area contributed by atoms with Gasteiger partial charge in [-0.2, -0.15) is 8.78 Å². The molecule has 0 fully saturated rings. The van der Waals surface area contributed by atoms with E-state index in [-0.39, 0.29) is 12.1 Å². The molecule has 1 aromatic heterocycles. The zero-order chi connectivity index (χ0) is 12.7. The number of aryl methyl sites for hydroxylation is 1. The van der Waals surface area contributed by atoms with Crippen molar-refractivity contribution in [3.63, 3.8) is 0 Å². The van der Waals surface area contributed by atoms with Crippen LogP contribution in [0.3, 0.4) is 0 Å². The lowest BCUT2D eigenvalue weighted by Gasteiger charge is -2.27. The van der Waals surface area contributed by atoms with Crippen LogP contribution < -0.4 is 0 Å². The Morgan fingerprint density at radius 1 is 1.18 bits per heavy atom. The van der Waals surface area contributed by atoms with Crippen molar-refractivity contribution in [2.24, 2.45) is 0 Å². The lowest BCUT2D eigenvalue weighted by molar-refractivity contribution is -0.0302. The van der Waals surface area contributed by atoms with Crippen LogP contribution in [0.4, 0.5) is 8.78 Å². The van der Waals surface area contributed by atoms with E-state index in [4.69, 9.17) is 0 Å². The molecule has 1 heterocycles. The van der Waals surface area contributed by atoms with E-state index in [1.165, 1.54) is 4.68 Å². The third kappa shape index (κ3) is 2.33. The van der Waals surface area contributed by atoms with Gasteiger partial charge in [-0.3, -0.25) is 0 Å². The summed E-state index contributed by atoms with van der Waals surface area (Å²) in [6.07, 6.45) is 2.86. The molecule has 1 aromatic rings. The van der Waals surface area contributed by atoms with Gasteiger partial charge in [0.1, 0.15) is 5.69 Å². The molecule has 1 aliphatic rings. The first-order valence-electron chi connectivity index (χ1n) is 6.16. The first-order chi connectivity index (χ1) is 7.82. The number of rotatable bonds is 0. The Labute approximate surface area is 100 Å². The van der Waals surface area contributed by atoms with E-state index < -0.39 is 11.5 Å². The van der Waals surface area contributed by atoms with Crippen LogP contribution in [-0.4, -0.2) is 15.0 Å². The Morgan fingerprint density at radius 3 is 2.53 bits per heavy atom. The highest BCUT2D eigenvalue weighted by atomic mass is 19.3. The number of nitrogens with zero attached hydrogens (tertiary/aromatic N) is 3. The van der Waals surface area contributed by atoms with Crippen molar-refractivity contribution < 1.29 is 8.78 Å². The van der Waals surface area contributed by atoms with Crippen molar-refractivity contribution in [3.8, 4) is 0 Å². The molecular weight excluding hydrogens is 224 g/mol. The summed E-state index contributed by atoms with van der Waals surface area (Å²) in [5.41, 5.74) is 0.0535. The van der Waals surface area contributed by atoms with E-state index >= 15 is 0 Å². The minimum Gasteiger partial charge on any atom is -0.238 e. The zero-order valence-corrected chi connectivity index (χ0v) is 10.6. The Hall–Kier alpha value is -1.00. The predicted octanol–water partition coefficient (Wildman–Crippen LogP) is 3.24. The molecule has 2 rings (SSSR count). The van der Waals surface area contributed by atoms with Gasteiger partial charge in [-0.1, -0.05) is 11.6 Å². The van der Waals surface area contributed by atoms with E-state index in [1.807, 2.05) is 20.8 Å². The van der Waals surface area contributed by atoms with E-state index in [0.717, 1.165) is 12.8 Å². The first-order valence-corrected chi connectivity index (χ1v) is 6.16. The molecule has 0 spiro atoms. The number of halogens is 2. The van der Waals surface area contributed by atoms with Crippen LogP contribution in [0.25, 0.3) is 0 Å². The smallest absolute Gasteiger partial charge is 0.238 e. The van der Waals surface area contributed by atoms with Gasteiger partial charge in [0.2, 0.25) is 0 Å². The minimum atomic E-state index is -2.80. The molecular formula is C12H19F2N3. The third-order valence-corrected chi connectivity index (χ3v) is 3.13. The molecule has 5 heteroatoms. The highest BCUT2D eigenvalue weighted by Gasteiger charge is 2.41. The van der Waals surface area contributed by atoms with Gasteiger partial charge in [-0.15, -0.1) is 5.10 Å². The fourth-order valence-electron chi connectivity index (χ4n) is 2.25. The molecule has 96 valence electrons. The molecule has 0 atom stereocenters. The monoisotopic (exact) mass is 243 g/mol. The number of fused-ring (bicyclic) bond motifs is 1. The quantitative estimate of drug-likeness (QED) is 0.700. The molecule has 0 N–H and O–H groups in total. The van der Waals surface area contributed by atoms with Gasteiger partial charge in [0.25, 0.3) is 5.92 Å². The second-order valence-electron chi connectivity index (χ2n) is 5.73.